The normalized spacial score (nSPS) is 30.0. The minimum absolute atomic E-state index is 0.0915. The predicted octanol–water partition coefficient (Wildman–Crippen LogP) is 4.51. The number of ether oxygens (including phenoxy) is 1. The summed E-state index contributed by atoms with van der Waals surface area (Å²) in [4.78, 5) is 30.5. The number of nitrogens with zero attached hydrogens (tertiary/aromatic N) is 2. The molecule has 5 nitrogen and oxygen atoms in total. The van der Waals surface area contributed by atoms with Crippen LogP contribution in [0, 0.1) is 5.92 Å². The number of imide groups is 1. The molecule has 0 N–H and O–H groups in total. The van der Waals surface area contributed by atoms with Crippen LogP contribution in [0.5, 0.6) is 5.75 Å². The Morgan fingerprint density at radius 3 is 2.28 bits per heavy atom. The number of carbonyl (C=O) groups excluding carboxylic acids is 2. The molecule has 5 heteroatoms. The van der Waals surface area contributed by atoms with Crippen molar-refractivity contribution in [1.82, 2.24) is 9.80 Å². The summed E-state index contributed by atoms with van der Waals surface area (Å²) in [5, 5.41) is 0. The Bertz CT molecular complexity index is 1030. The van der Waals surface area contributed by atoms with Crippen LogP contribution in [-0.4, -0.2) is 53.4 Å². The van der Waals surface area contributed by atoms with E-state index in [1.54, 1.807) is 17.0 Å². The van der Waals surface area contributed by atoms with E-state index in [2.05, 4.69) is 37.1 Å². The van der Waals surface area contributed by atoms with Gasteiger partial charge in [0.05, 0.1) is 17.2 Å². The highest BCUT2D eigenvalue weighted by atomic mass is 16.5. The van der Waals surface area contributed by atoms with Crippen molar-refractivity contribution in [2.75, 3.05) is 13.6 Å². The van der Waals surface area contributed by atoms with Crippen LogP contribution in [0.3, 0.4) is 0 Å². The lowest BCUT2D eigenvalue weighted by Gasteiger charge is -2.56. The maximum atomic E-state index is 13.3. The minimum Gasteiger partial charge on any atom is -0.491 e. The second-order valence-electron chi connectivity index (χ2n) is 10.2. The number of hydrogen-bond donors (Lipinski definition) is 0. The van der Waals surface area contributed by atoms with Gasteiger partial charge in [-0.05, 0) is 75.9 Å². The van der Waals surface area contributed by atoms with Crippen LogP contribution in [-0.2, 0) is 5.41 Å². The Hall–Kier alpha value is -2.66. The largest absolute Gasteiger partial charge is 0.491 e. The topological polar surface area (TPSA) is 49.9 Å². The SMILES string of the molecule is CC(C)Oc1cccc([C@@]23C[C@@H](C[C@@H](N4C(=O)c5ccccc5C4=O)C2)N(C)C[C@@H]3C)c1. The number of carbonyl (C=O) groups is 2. The molecule has 1 saturated carbocycles. The molecular formula is C27H32N2O3. The smallest absolute Gasteiger partial charge is 0.261 e. The number of fused-ring (bicyclic) bond motifs is 3. The van der Waals surface area contributed by atoms with Crippen LogP contribution >= 0.6 is 0 Å². The third kappa shape index (κ3) is 3.25. The van der Waals surface area contributed by atoms with Gasteiger partial charge >= 0.3 is 0 Å². The van der Waals surface area contributed by atoms with Gasteiger partial charge in [-0.2, -0.15) is 0 Å². The number of rotatable bonds is 4. The van der Waals surface area contributed by atoms with Gasteiger partial charge in [-0.15, -0.1) is 0 Å². The molecule has 2 fully saturated rings. The van der Waals surface area contributed by atoms with Crippen molar-refractivity contribution in [2.24, 2.45) is 5.92 Å². The summed E-state index contributed by atoms with van der Waals surface area (Å²) in [5.41, 5.74) is 2.25. The molecular weight excluding hydrogens is 400 g/mol. The molecule has 0 spiro atoms. The maximum Gasteiger partial charge on any atom is 0.261 e. The summed E-state index contributed by atoms with van der Waals surface area (Å²) < 4.78 is 6.01. The number of likely N-dealkylation sites (tertiary alicyclic amines) is 1. The molecule has 2 aromatic rings. The van der Waals surface area contributed by atoms with Crippen LogP contribution in [0.2, 0.25) is 0 Å². The van der Waals surface area contributed by atoms with Gasteiger partial charge in [0.2, 0.25) is 0 Å². The first-order chi connectivity index (χ1) is 15.3. The highest BCUT2D eigenvalue weighted by Gasteiger charge is 2.53. The Morgan fingerprint density at radius 2 is 1.62 bits per heavy atom. The Balaban J connectivity index is 1.54. The molecule has 2 amide bonds. The molecule has 3 aliphatic rings. The van der Waals surface area contributed by atoms with E-state index in [1.807, 2.05) is 32.0 Å². The first kappa shape index (κ1) is 21.2. The first-order valence-electron chi connectivity index (χ1n) is 11.7. The second-order valence-corrected chi connectivity index (χ2v) is 10.2. The lowest BCUT2D eigenvalue weighted by molar-refractivity contribution is -0.0101. The van der Waals surface area contributed by atoms with E-state index in [0.717, 1.165) is 31.6 Å². The van der Waals surface area contributed by atoms with Crippen LogP contribution in [0.25, 0.3) is 0 Å². The van der Waals surface area contributed by atoms with Gasteiger partial charge in [-0.25, -0.2) is 0 Å². The zero-order valence-electron chi connectivity index (χ0n) is 19.4. The van der Waals surface area contributed by atoms with Gasteiger partial charge in [0, 0.05) is 24.0 Å². The molecule has 0 aromatic heterocycles. The third-order valence-corrected chi connectivity index (χ3v) is 7.84. The molecule has 0 unspecified atom stereocenters. The third-order valence-electron chi connectivity index (χ3n) is 7.84. The van der Waals surface area contributed by atoms with Gasteiger partial charge in [-0.1, -0.05) is 31.2 Å². The average molecular weight is 433 g/mol. The number of piperidine rings is 1. The van der Waals surface area contributed by atoms with E-state index in [0.29, 0.717) is 23.1 Å². The quantitative estimate of drug-likeness (QED) is 0.667. The van der Waals surface area contributed by atoms with Crippen molar-refractivity contribution in [1.29, 1.82) is 0 Å². The van der Waals surface area contributed by atoms with Crippen molar-refractivity contribution >= 4 is 11.8 Å². The standard InChI is InChI=1S/C27H32N2O3/c1-17(2)32-22-9-7-8-19(12-22)27-14-20(28(4)16-18(27)3)13-21(15-27)29-25(30)23-10-5-6-11-24(23)26(29)31/h5-12,17-18,20-21H,13-16H2,1-4H3/t18-,20+,21+,27-/m0/s1. The number of amides is 2. The zero-order valence-corrected chi connectivity index (χ0v) is 19.4. The fourth-order valence-corrected chi connectivity index (χ4v) is 6.31. The molecule has 2 heterocycles. The molecule has 1 aliphatic carbocycles. The van der Waals surface area contributed by atoms with Gasteiger partial charge in [0.15, 0.2) is 0 Å². The molecule has 0 radical (unpaired) electrons. The predicted molar refractivity (Wildman–Crippen MR) is 124 cm³/mol. The van der Waals surface area contributed by atoms with Crippen molar-refractivity contribution in [3.05, 3.63) is 65.2 Å². The Kier molecular flexibility index (Phi) is 5.12. The molecule has 168 valence electrons. The molecule has 2 aliphatic heterocycles. The first-order valence-corrected chi connectivity index (χ1v) is 11.7. The molecule has 4 atom stereocenters. The van der Waals surface area contributed by atoms with Crippen molar-refractivity contribution in [3.63, 3.8) is 0 Å². The monoisotopic (exact) mass is 432 g/mol. The Labute approximate surface area is 190 Å². The van der Waals surface area contributed by atoms with E-state index in [1.165, 1.54) is 5.56 Å². The summed E-state index contributed by atoms with van der Waals surface area (Å²) in [6.45, 7) is 7.40. The van der Waals surface area contributed by atoms with Crippen molar-refractivity contribution in [2.45, 2.75) is 63.6 Å². The number of benzene rings is 2. The summed E-state index contributed by atoms with van der Waals surface area (Å²) >= 11 is 0. The zero-order chi connectivity index (χ0) is 22.6. The second kappa shape index (κ2) is 7.73. The molecule has 1 saturated heterocycles. The van der Waals surface area contributed by atoms with Gasteiger partial charge in [-0.3, -0.25) is 14.5 Å². The highest BCUT2D eigenvalue weighted by molar-refractivity contribution is 6.21. The van der Waals surface area contributed by atoms with Crippen LogP contribution in [0.4, 0.5) is 0 Å². The van der Waals surface area contributed by atoms with Gasteiger partial charge < -0.3 is 9.64 Å². The van der Waals surface area contributed by atoms with E-state index in [9.17, 15) is 9.59 Å². The highest BCUT2D eigenvalue weighted by Crippen LogP contribution is 2.51. The van der Waals surface area contributed by atoms with Crippen LogP contribution < -0.4 is 4.74 Å². The van der Waals surface area contributed by atoms with Crippen molar-refractivity contribution < 1.29 is 14.3 Å². The van der Waals surface area contributed by atoms with Gasteiger partial charge in [0.25, 0.3) is 11.8 Å². The fraction of sp³-hybridized carbons (Fsp3) is 0.481. The van der Waals surface area contributed by atoms with Crippen LogP contribution in [0.1, 0.15) is 66.3 Å². The summed E-state index contributed by atoms with van der Waals surface area (Å²) in [6.07, 6.45) is 2.78. The molecule has 2 bridgehead atoms. The van der Waals surface area contributed by atoms with Crippen molar-refractivity contribution in [3.8, 4) is 5.75 Å². The van der Waals surface area contributed by atoms with Gasteiger partial charge in [0.1, 0.15) is 5.75 Å². The Morgan fingerprint density at radius 1 is 0.969 bits per heavy atom. The maximum absolute atomic E-state index is 13.3. The van der Waals surface area contributed by atoms with E-state index < -0.39 is 0 Å². The summed E-state index contributed by atoms with van der Waals surface area (Å²) in [6, 6.07) is 15.9. The lowest BCUT2D eigenvalue weighted by Crippen LogP contribution is -2.61. The molecule has 2 aromatic carbocycles. The fourth-order valence-electron chi connectivity index (χ4n) is 6.31. The summed E-state index contributed by atoms with van der Waals surface area (Å²) in [5.74, 6) is 1.00. The van der Waals surface area contributed by atoms with E-state index >= 15 is 0 Å². The molecule has 5 rings (SSSR count). The average Bonchev–Trinajstić information content (AvgIpc) is 3.02. The minimum atomic E-state index is -0.141. The number of hydrogen-bond acceptors (Lipinski definition) is 4. The summed E-state index contributed by atoms with van der Waals surface area (Å²) in [7, 11) is 2.17. The lowest BCUT2D eigenvalue weighted by atomic mass is 9.57. The van der Waals surface area contributed by atoms with E-state index in [4.69, 9.17) is 4.74 Å². The molecule has 32 heavy (non-hydrogen) atoms. The van der Waals surface area contributed by atoms with Crippen LogP contribution in [0.15, 0.2) is 48.5 Å². The van der Waals surface area contributed by atoms with E-state index in [-0.39, 0.29) is 29.4 Å².